The zero-order valence-corrected chi connectivity index (χ0v) is 11.4. The summed E-state index contributed by atoms with van der Waals surface area (Å²) in [5, 5.41) is 4.51. The molecule has 0 aliphatic carbocycles. The molecule has 0 aliphatic heterocycles. The van der Waals surface area contributed by atoms with E-state index in [0.717, 1.165) is 5.01 Å². The fraction of sp³-hybridized carbons (Fsp3) is 0.455. The smallest absolute Gasteiger partial charge is 0.413 e. The lowest BCUT2D eigenvalue weighted by Gasteiger charge is -2.05. The van der Waals surface area contributed by atoms with Gasteiger partial charge in [-0.1, -0.05) is 0 Å². The molecule has 1 heterocycles. The minimum absolute atomic E-state index is 0.00295. The summed E-state index contributed by atoms with van der Waals surface area (Å²) in [7, 11) is 0. The molecule has 7 nitrogen and oxygen atoms in total. The van der Waals surface area contributed by atoms with Crippen LogP contribution in [0.2, 0.25) is 0 Å². The van der Waals surface area contributed by atoms with Gasteiger partial charge in [-0.3, -0.25) is 14.9 Å². The summed E-state index contributed by atoms with van der Waals surface area (Å²) < 4.78 is 9.20. The average Bonchev–Trinajstić information content (AvgIpc) is 2.72. The van der Waals surface area contributed by atoms with Crippen LogP contribution in [0.3, 0.4) is 0 Å². The third-order valence-corrected chi connectivity index (χ3v) is 2.70. The minimum Gasteiger partial charge on any atom is -0.455 e. The zero-order chi connectivity index (χ0) is 14.3. The highest BCUT2D eigenvalue weighted by Gasteiger charge is 2.12. The van der Waals surface area contributed by atoms with Crippen LogP contribution < -0.4 is 5.32 Å². The van der Waals surface area contributed by atoms with Crippen molar-refractivity contribution >= 4 is 29.3 Å². The number of rotatable bonds is 5. The van der Waals surface area contributed by atoms with Gasteiger partial charge in [-0.25, -0.2) is 9.78 Å². The van der Waals surface area contributed by atoms with E-state index < -0.39 is 24.6 Å². The average molecular weight is 286 g/mol. The second-order valence-electron chi connectivity index (χ2n) is 3.46. The van der Waals surface area contributed by atoms with Gasteiger partial charge in [0.25, 0.3) is 5.91 Å². The maximum absolute atomic E-state index is 11.4. The first-order chi connectivity index (χ1) is 9.01. The first-order valence-corrected chi connectivity index (χ1v) is 6.42. The van der Waals surface area contributed by atoms with E-state index in [2.05, 4.69) is 9.72 Å². The molecule has 0 saturated heterocycles. The lowest BCUT2D eigenvalue weighted by atomic mass is 10.3. The highest BCUT2D eigenvalue weighted by molar-refractivity contribution is 7.09. The number of imide groups is 1. The lowest BCUT2D eigenvalue weighted by molar-refractivity contribution is -0.147. The molecule has 0 atom stereocenters. The molecule has 1 rings (SSSR count). The Hall–Kier alpha value is -1.96. The molecule has 1 aromatic rings. The summed E-state index contributed by atoms with van der Waals surface area (Å²) in [5.74, 6) is -1.31. The quantitative estimate of drug-likeness (QED) is 0.805. The van der Waals surface area contributed by atoms with E-state index in [4.69, 9.17) is 4.74 Å². The van der Waals surface area contributed by atoms with Crippen molar-refractivity contribution in [1.29, 1.82) is 0 Å². The van der Waals surface area contributed by atoms with Crippen LogP contribution in [0.4, 0.5) is 4.79 Å². The number of esters is 1. The Morgan fingerprint density at radius 3 is 2.68 bits per heavy atom. The Labute approximate surface area is 113 Å². The molecule has 0 aliphatic rings. The number of carbonyl (C=O) groups excluding carboxylic acids is 3. The summed E-state index contributed by atoms with van der Waals surface area (Å²) >= 11 is 1.43. The van der Waals surface area contributed by atoms with E-state index >= 15 is 0 Å². The first-order valence-electron chi connectivity index (χ1n) is 5.54. The van der Waals surface area contributed by atoms with Crippen LogP contribution in [0, 0.1) is 6.92 Å². The SMILES string of the molecule is CCOC(=O)NC(=O)COC(=O)Cc1csc(C)n1. The van der Waals surface area contributed by atoms with Crippen LogP contribution in [0.25, 0.3) is 0 Å². The number of hydrogen-bond acceptors (Lipinski definition) is 7. The Kier molecular flexibility index (Phi) is 5.94. The van der Waals surface area contributed by atoms with Crippen LogP contribution in [0.15, 0.2) is 5.38 Å². The van der Waals surface area contributed by atoms with Crippen molar-refractivity contribution in [2.75, 3.05) is 13.2 Å². The highest BCUT2D eigenvalue weighted by atomic mass is 32.1. The standard InChI is InChI=1S/C11H14N2O5S/c1-3-17-11(16)13-9(14)5-18-10(15)4-8-6-19-7(2)12-8/h6H,3-5H2,1-2H3,(H,13,14,16). The van der Waals surface area contributed by atoms with Crippen molar-refractivity contribution in [2.24, 2.45) is 0 Å². The molecule has 0 fully saturated rings. The number of thiazole rings is 1. The third-order valence-electron chi connectivity index (χ3n) is 1.87. The van der Waals surface area contributed by atoms with Crippen molar-refractivity contribution in [3.05, 3.63) is 16.1 Å². The van der Waals surface area contributed by atoms with Crippen LogP contribution in [0.1, 0.15) is 17.6 Å². The molecule has 2 amide bonds. The summed E-state index contributed by atoms with van der Waals surface area (Å²) in [6.07, 6.45) is -0.865. The third kappa shape index (κ3) is 5.96. The monoisotopic (exact) mass is 286 g/mol. The van der Waals surface area contributed by atoms with Gasteiger partial charge < -0.3 is 9.47 Å². The number of aromatic nitrogens is 1. The minimum atomic E-state index is -0.862. The molecular weight excluding hydrogens is 272 g/mol. The van der Waals surface area contributed by atoms with Gasteiger partial charge in [0.05, 0.1) is 23.7 Å². The van der Waals surface area contributed by atoms with Gasteiger partial charge in [0.2, 0.25) is 0 Å². The van der Waals surface area contributed by atoms with E-state index in [9.17, 15) is 14.4 Å². The Morgan fingerprint density at radius 2 is 2.11 bits per heavy atom. The molecule has 0 spiro atoms. The summed E-state index contributed by atoms with van der Waals surface area (Å²) in [5.41, 5.74) is 0.596. The van der Waals surface area contributed by atoms with E-state index in [0.29, 0.717) is 5.69 Å². The first kappa shape index (κ1) is 15.1. The van der Waals surface area contributed by atoms with Gasteiger partial charge in [0.1, 0.15) is 0 Å². The second-order valence-corrected chi connectivity index (χ2v) is 4.53. The number of carbonyl (C=O) groups is 3. The number of nitrogens with zero attached hydrogens (tertiary/aromatic N) is 1. The fourth-order valence-electron chi connectivity index (χ4n) is 1.15. The van der Waals surface area contributed by atoms with E-state index in [1.807, 2.05) is 12.2 Å². The van der Waals surface area contributed by atoms with Crippen LogP contribution in [-0.4, -0.2) is 36.2 Å². The van der Waals surface area contributed by atoms with Gasteiger partial charge in [-0.15, -0.1) is 11.3 Å². The maximum atomic E-state index is 11.4. The normalized spacial score (nSPS) is 9.79. The van der Waals surface area contributed by atoms with Crippen molar-refractivity contribution in [2.45, 2.75) is 20.3 Å². The number of alkyl carbamates (subject to hydrolysis) is 1. The second kappa shape index (κ2) is 7.47. The van der Waals surface area contributed by atoms with Crippen molar-refractivity contribution in [1.82, 2.24) is 10.3 Å². The van der Waals surface area contributed by atoms with Crippen molar-refractivity contribution in [3.63, 3.8) is 0 Å². The molecule has 19 heavy (non-hydrogen) atoms. The summed E-state index contributed by atoms with van der Waals surface area (Å²) in [6, 6.07) is 0. The molecule has 104 valence electrons. The van der Waals surface area contributed by atoms with Gasteiger partial charge in [-0.2, -0.15) is 0 Å². The summed E-state index contributed by atoms with van der Waals surface area (Å²) in [6.45, 7) is 3.06. The molecule has 8 heteroatoms. The molecule has 0 bridgehead atoms. The van der Waals surface area contributed by atoms with Crippen LogP contribution >= 0.6 is 11.3 Å². The molecule has 0 saturated carbocycles. The Balaban J connectivity index is 2.26. The molecule has 1 aromatic heterocycles. The molecule has 0 aromatic carbocycles. The van der Waals surface area contributed by atoms with Gasteiger partial charge >= 0.3 is 12.1 Å². The predicted octanol–water partition coefficient (Wildman–Crippen LogP) is 0.810. The van der Waals surface area contributed by atoms with E-state index in [1.165, 1.54) is 11.3 Å². The number of ether oxygens (including phenoxy) is 2. The Morgan fingerprint density at radius 1 is 1.37 bits per heavy atom. The topological polar surface area (TPSA) is 94.6 Å². The number of nitrogens with one attached hydrogen (secondary N) is 1. The van der Waals surface area contributed by atoms with Gasteiger partial charge in [0, 0.05) is 5.38 Å². The fourth-order valence-corrected chi connectivity index (χ4v) is 1.76. The molecule has 1 N–H and O–H groups in total. The van der Waals surface area contributed by atoms with Crippen LogP contribution in [0.5, 0.6) is 0 Å². The van der Waals surface area contributed by atoms with E-state index in [1.54, 1.807) is 12.3 Å². The zero-order valence-electron chi connectivity index (χ0n) is 10.6. The number of amides is 2. The maximum Gasteiger partial charge on any atom is 0.413 e. The van der Waals surface area contributed by atoms with Crippen molar-refractivity contribution in [3.8, 4) is 0 Å². The number of hydrogen-bond donors (Lipinski definition) is 1. The lowest BCUT2D eigenvalue weighted by Crippen LogP contribution is -2.34. The van der Waals surface area contributed by atoms with Crippen LogP contribution in [-0.2, 0) is 25.5 Å². The highest BCUT2D eigenvalue weighted by Crippen LogP contribution is 2.08. The largest absolute Gasteiger partial charge is 0.455 e. The molecule has 0 radical (unpaired) electrons. The summed E-state index contributed by atoms with van der Waals surface area (Å²) in [4.78, 5) is 37.6. The van der Waals surface area contributed by atoms with Crippen molar-refractivity contribution < 1.29 is 23.9 Å². The predicted molar refractivity (Wildman–Crippen MR) is 66.7 cm³/mol. The van der Waals surface area contributed by atoms with Gasteiger partial charge in [0.15, 0.2) is 6.61 Å². The van der Waals surface area contributed by atoms with E-state index in [-0.39, 0.29) is 13.0 Å². The number of aryl methyl sites for hydroxylation is 1. The Bertz CT molecular complexity index is 471. The van der Waals surface area contributed by atoms with Gasteiger partial charge in [-0.05, 0) is 13.8 Å². The molecular formula is C11H14N2O5S. The molecule has 0 unspecified atom stereocenters.